The van der Waals surface area contributed by atoms with Gasteiger partial charge in [0.15, 0.2) is 0 Å². The highest BCUT2D eigenvalue weighted by molar-refractivity contribution is 7.89. The number of sulfonamides is 1. The maximum atomic E-state index is 13.1. The predicted molar refractivity (Wildman–Crippen MR) is 102 cm³/mol. The monoisotopic (exact) mass is 397 g/mol. The fourth-order valence-electron chi connectivity index (χ4n) is 3.55. The number of amides is 1. The minimum Gasteiger partial charge on any atom is -0.378 e. The number of nitrogens with zero attached hydrogens (tertiary/aromatic N) is 2. The summed E-state index contributed by atoms with van der Waals surface area (Å²) in [6.07, 6.45) is -0.343. The normalized spacial score (nSPS) is 24.6. The fraction of sp³-hybridized carbons (Fsp3) is 0.611. The van der Waals surface area contributed by atoms with Gasteiger partial charge in [-0.15, -0.1) is 0 Å². The summed E-state index contributed by atoms with van der Waals surface area (Å²) in [5, 5.41) is 2.61. The van der Waals surface area contributed by atoms with E-state index >= 15 is 0 Å². The number of ether oxygens (including phenoxy) is 2. The Labute approximate surface area is 160 Å². The Morgan fingerprint density at radius 2 is 1.78 bits per heavy atom. The average Bonchev–Trinajstić information content (AvgIpc) is 2.66. The predicted octanol–water partition coefficient (Wildman–Crippen LogP) is 0.681. The van der Waals surface area contributed by atoms with Crippen LogP contribution in [0.15, 0.2) is 23.1 Å². The van der Waals surface area contributed by atoms with Crippen LogP contribution in [0, 0.1) is 0 Å². The molecule has 1 aromatic rings. The Hall–Kier alpha value is -1.68. The molecule has 27 heavy (non-hydrogen) atoms. The zero-order valence-electron chi connectivity index (χ0n) is 16.0. The molecule has 2 aliphatic heterocycles. The van der Waals surface area contributed by atoms with Gasteiger partial charge in [0.05, 0.1) is 35.9 Å². The second kappa shape index (κ2) is 8.14. The highest BCUT2D eigenvalue weighted by Gasteiger charge is 2.33. The molecule has 0 saturated carbocycles. The Morgan fingerprint density at radius 3 is 2.37 bits per heavy atom. The molecule has 150 valence electrons. The molecule has 2 heterocycles. The summed E-state index contributed by atoms with van der Waals surface area (Å²) < 4.78 is 38.7. The molecule has 1 N–H and O–H groups in total. The molecule has 2 saturated heterocycles. The van der Waals surface area contributed by atoms with Gasteiger partial charge < -0.3 is 19.7 Å². The van der Waals surface area contributed by atoms with E-state index in [9.17, 15) is 13.2 Å². The van der Waals surface area contributed by atoms with E-state index in [0.29, 0.717) is 45.0 Å². The van der Waals surface area contributed by atoms with E-state index < -0.39 is 10.0 Å². The number of nitrogens with one attached hydrogen (secondary N) is 1. The summed E-state index contributed by atoms with van der Waals surface area (Å²) in [6, 6.07) is 4.78. The molecule has 2 atom stereocenters. The lowest BCUT2D eigenvalue weighted by Crippen LogP contribution is -2.48. The van der Waals surface area contributed by atoms with Crippen LogP contribution in [0.25, 0.3) is 0 Å². The van der Waals surface area contributed by atoms with Crippen LogP contribution in [0.3, 0.4) is 0 Å². The lowest BCUT2D eigenvalue weighted by atomic mass is 10.1. The molecule has 8 nitrogen and oxygen atoms in total. The van der Waals surface area contributed by atoms with Crippen molar-refractivity contribution in [3.63, 3.8) is 0 Å². The van der Waals surface area contributed by atoms with Gasteiger partial charge in [0, 0.05) is 38.9 Å². The lowest BCUT2D eigenvalue weighted by molar-refractivity contribution is -0.0440. The number of anilines is 1. The molecule has 2 fully saturated rings. The number of hydrogen-bond acceptors (Lipinski definition) is 6. The van der Waals surface area contributed by atoms with Gasteiger partial charge in [0.2, 0.25) is 10.0 Å². The van der Waals surface area contributed by atoms with Gasteiger partial charge in [0.1, 0.15) is 0 Å². The first kappa shape index (κ1) is 20.1. The molecule has 3 rings (SSSR count). The fourth-order valence-corrected chi connectivity index (χ4v) is 5.17. The van der Waals surface area contributed by atoms with Crippen molar-refractivity contribution >= 4 is 21.6 Å². The first-order chi connectivity index (χ1) is 12.8. The van der Waals surface area contributed by atoms with Crippen molar-refractivity contribution < 1.29 is 22.7 Å². The van der Waals surface area contributed by atoms with E-state index in [4.69, 9.17) is 9.47 Å². The summed E-state index contributed by atoms with van der Waals surface area (Å²) in [5.41, 5.74) is 1.08. The van der Waals surface area contributed by atoms with Crippen molar-refractivity contribution in [3.8, 4) is 0 Å². The van der Waals surface area contributed by atoms with Gasteiger partial charge >= 0.3 is 0 Å². The number of carbonyl (C=O) groups excluding carboxylic acids is 1. The first-order valence-corrected chi connectivity index (χ1v) is 10.6. The van der Waals surface area contributed by atoms with E-state index in [1.807, 2.05) is 18.7 Å². The summed E-state index contributed by atoms with van der Waals surface area (Å²) in [5.74, 6) is -0.308. The van der Waals surface area contributed by atoms with Crippen molar-refractivity contribution in [3.05, 3.63) is 23.8 Å². The maximum absolute atomic E-state index is 13.1. The Kier molecular flexibility index (Phi) is 6.05. The molecule has 1 amide bonds. The molecule has 0 aromatic heterocycles. The van der Waals surface area contributed by atoms with Gasteiger partial charge in [-0.3, -0.25) is 4.79 Å². The second-order valence-electron chi connectivity index (χ2n) is 6.94. The van der Waals surface area contributed by atoms with Gasteiger partial charge in [-0.2, -0.15) is 4.31 Å². The van der Waals surface area contributed by atoms with Crippen LogP contribution in [0.4, 0.5) is 5.69 Å². The summed E-state index contributed by atoms with van der Waals surface area (Å²) in [6.45, 7) is 6.79. The van der Waals surface area contributed by atoms with Crippen LogP contribution < -0.4 is 10.2 Å². The van der Waals surface area contributed by atoms with Gasteiger partial charge in [-0.05, 0) is 32.0 Å². The van der Waals surface area contributed by atoms with Gasteiger partial charge in [-0.25, -0.2) is 8.42 Å². The Bertz CT molecular complexity index is 782. The average molecular weight is 397 g/mol. The Morgan fingerprint density at radius 1 is 1.15 bits per heavy atom. The summed E-state index contributed by atoms with van der Waals surface area (Å²) in [4.78, 5) is 14.6. The molecule has 0 radical (unpaired) electrons. The van der Waals surface area contributed by atoms with Crippen LogP contribution in [-0.4, -0.2) is 77.3 Å². The van der Waals surface area contributed by atoms with Crippen molar-refractivity contribution in [2.75, 3.05) is 51.3 Å². The zero-order valence-corrected chi connectivity index (χ0v) is 16.8. The second-order valence-corrected chi connectivity index (χ2v) is 8.87. The standard InChI is InChI=1S/C18H27N3O5S/c1-13-11-21(12-14(2)26-13)27(23,24)15-4-5-17(16(10-15)18(22)19-3)20-6-8-25-9-7-20/h4-5,10,13-14H,6-9,11-12H2,1-3H3,(H,19,22)/t13-,14-/m1/s1. The highest BCUT2D eigenvalue weighted by atomic mass is 32.2. The summed E-state index contributed by atoms with van der Waals surface area (Å²) in [7, 11) is -2.17. The van der Waals surface area contributed by atoms with E-state index in [0.717, 1.165) is 5.69 Å². The van der Waals surface area contributed by atoms with Crippen molar-refractivity contribution in [2.24, 2.45) is 0 Å². The van der Waals surface area contributed by atoms with Crippen molar-refractivity contribution in [2.45, 2.75) is 31.0 Å². The topological polar surface area (TPSA) is 88.2 Å². The molecule has 0 bridgehead atoms. The van der Waals surface area contributed by atoms with Crippen molar-refractivity contribution in [1.82, 2.24) is 9.62 Å². The van der Waals surface area contributed by atoms with Gasteiger partial charge in [0.25, 0.3) is 5.91 Å². The van der Waals surface area contributed by atoms with E-state index in [1.54, 1.807) is 12.1 Å². The zero-order chi connectivity index (χ0) is 19.6. The number of carbonyl (C=O) groups is 1. The SMILES string of the molecule is CNC(=O)c1cc(S(=O)(=O)N2C[C@@H](C)O[C@H](C)C2)ccc1N1CCOCC1. The number of hydrogen-bond donors (Lipinski definition) is 1. The first-order valence-electron chi connectivity index (χ1n) is 9.17. The molecule has 1 aromatic carbocycles. The lowest BCUT2D eigenvalue weighted by Gasteiger charge is -2.34. The molecular formula is C18H27N3O5S. The molecule has 0 aliphatic carbocycles. The van der Waals surface area contributed by atoms with Crippen LogP contribution in [-0.2, 0) is 19.5 Å². The third-order valence-electron chi connectivity index (χ3n) is 4.82. The minimum atomic E-state index is -3.71. The van der Waals surface area contributed by atoms with Crippen LogP contribution in [0.1, 0.15) is 24.2 Å². The molecule has 9 heteroatoms. The van der Waals surface area contributed by atoms with Crippen LogP contribution >= 0.6 is 0 Å². The van der Waals surface area contributed by atoms with Gasteiger partial charge in [-0.1, -0.05) is 0 Å². The van der Waals surface area contributed by atoms with Crippen LogP contribution in [0.2, 0.25) is 0 Å². The van der Waals surface area contributed by atoms with E-state index in [1.165, 1.54) is 17.4 Å². The van der Waals surface area contributed by atoms with E-state index in [-0.39, 0.29) is 23.0 Å². The number of rotatable bonds is 4. The molecule has 0 unspecified atom stereocenters. The smallest absolute Gasteiger partial charge is 0.253 e. The third kappa shape index (κ3) is 4.26. The summed E-state index contributed by atoms with van der Waals surface area (Å²) >= 11 is 0. The number of morpholine rings is 2. The largest absolute Gasteiger partial charge is 0.378 e. The minimum absolute atomic E-state index is 0.124. The molecule has 2 aliphatic rings. The maximum Gasteiger partial charge on any atom is 0.253 e. The number of benzene rings is 1. The van der Waals surface area contributed by atoms with E-state index in [2.05, 4.69) is 5.32 Å². The molecule has 0 spiro atoms. The Balaban J connectivity index is 1.97. The van der Waals surface area contributed by atoms with Crippen molar-refractivity contribution in [1.29, 1.82) is 0 Å². The third-order valence-corrected chi connectivity index (χ3v) is 6.64. The highest BCUT2D eigenvalue weighted by Crippen LogP contribution is 2.28. The van der Waals surface area contributed by atoms with Crippen LogP contribution in [0.5, 0.6) is 0 Å². The quantitative estimate of drug-likeness (QED) is 0.804. The molecular weight excluding hydrogens is 370 g/mol.